The molecule has 1 aliphatic rings. The minimum atomic E-state index is -0.240. The molecule has 0 saturated carbocycles. The number of nitrogens with one attached hydrogen (secondary N) is 1. The average Bonchev–Trinajstić information content (AvgIpc) is 3.35. The predicted octanol–water partition coefficient (Wildman–Crippen LogP) is 3.16. The zero-order valence-electron chi connectivity index (χ0n) is 17.5. The molecule has 29 heavy (non-hydrogen) atoms. The van der Waals surface area contributed by atoms with Gasteiger partial charge in [-0.3, -0.25) is 9.89 Å². The third-order valence-electron chi connectivity index (χ3n) is 5.36. The highest BCUT2D eigenvalue weighted by atomic mass is 127. The highest BCUT2D eigenvalue weighted by Crippen LogP contribution is 2.17. The summed E-state index contributed by atoms with van der Waals surface area (Å²) >= 11 is 0. The maximum atomic E-state index is 13.1. The maximum Gasteiger partial charge on any atom is 0.193 e. The van der Waals surface area contributed by atoms with Gasteiger partial charge < -0.3 is 10.2 Å². The van der Waals surface area contributed by atoms with Crippen LogP contribution in [0.4, 0.5) is 4.39 Å². The Labute approximate surface area is 190 Å². The summed E-state index contributed by atoms with van der Waals surface area (Å²) in [5, 5.41) is 8.02. The van der Waals surface area contributed by atoms with Crippen molar-refractivity contribution in [2.75, 3.05) is 40.3 Å². The van der Waals surface area contributed by atoms with Crippen LogP contribution in [-0.4, -0.2) is 71.9 Å². The topological polar surface area (TPSA) is 48.7 Å². The van der Waals surface area contributed by atoms with E-state index < -0.39 is 0 Å². The first-order valence-electron chi connectivity index (χ1n) is 10.1. The Morgan fingerprint density at radius 1 is 1.31 bits per heavy atom. The number of rotatable bonds is 7. The molecule has 0 aliphatic carbocycles. The molecule has 1 N–H and O–H groups in total. The summed E-state index contributed by atoms with van der Waals surface area (Å²) in [5.41, 5.74) is 1.84. The van der Waals surface area contributed by atoms with Gasteiger partial charge in [0, 0.05) is 45.8 Å². The van der Waals surface area contributed by atoms with Gasteiger partial charge in [0.05, 0.1) is 11.4 Å². The second-order valence-corrected chi connectivity index (χ2v) is 7.26. The lowest BCUT2D eigenvalue weighted by molar-refractivity contribution is 0.233. The fraction of sp³-hybridized carbons (Fsp3) is 0.524. The maximum absolute atomic E-state index is 13.1. The van der Waals surface area contributed by atoms with Crippen LogP contribution in [0.2, 0.25) is 0 Å². The van der Waals surface area contributed by atoms with E-state index in [-0.39, 0.29) is 29.8 Å². The van der Waals surface area contributed by atoms with Crippen LogP contribution in [0, 0.1) is 5.82 Å². The molecule has 1 aromatic heterocycles. The van der Waals surface area contributed by atoms with E-state index in [4.69, 9.17) is 0 Å². The van der Waals surface area contributed by atoms with Crippen molar-refractivity contribution < 1.29 is 4.39 Å². The van der Waals surface area contributed by atoms with Gasteiger partial charge in [-0.25, -0.2) is 9.07 Å². The Morgan fingerprint density at radius 3 is 2.76 bits per heavy atom. The third-order valence-corrected chi connectivity index (χ3v) is 5.36. The minimum absolute atomic E-state index is 0. The number of hydrogen-bond acceptors (Lipinski definition) is 3. The monoisotopic (exact) mass is 514 g/mol. The molecule has 0 spiro atoms. The van der Waals surface area contributed by atoms with Crippen LogP contribution in [0.1, 0.15) is 25.5 Å². The Balaban J connectivity index is 0.00000300. The molecule has 0 amide bonds. The van der Waals surface area contributed by atoms with Gasteiger partial charge in [0.1, 0.15) is 5.82 Å². The second-order valence-electron chi connectivity index (χ2n) is 7.26. The van der Waals surface area contributed by atoms with E-state index in [1.54, 1.807) is 16.8 Å². The van der Waals surface area contributed by atoms with Gasteiger partial charge in [-0.05, 0) is 56.3 Å². The molecule has 2 heterocycles. The number of hydrogen-bond donors (Lipinski definition) is 1. The van der Waals surface area contributed by atoms with Gasteiger partial charge in [0.25, 0.3) is 0 Å². The molecular formula is C21H32FIN6. The van der Waals surface area contributed by atoms with E-state index in [0.29, 0.717) is 6.04 Å². The molecule has 1 aliphatic heterocycles. The van der Waals surface area contributed by atoms with Gasteiger partial charge in [-0.2, -0.15) is 5.10 Å². The summed E-state index contributed by atoms with van der Waals surface area (Å²) in [6.45, 7) is 6.31. The molecule has 1 aromatic carbocycles. The number of aromatic nitrogens is 2. The molecule has 3 rings (SSSR count). The summed E-state index contributed by atoms with van der Waals surface area (Å²) in [6, 6.07) is 8.95. The van der Waals surface area contributed by atoms with Crippen molar-refractivity contribution in [3.05, 3.63) is 48.0 Å². The largest absolute Gasteiger partial charge is 0.356 e. The van der Waals surface area contributed by atoms with Crippen LogP contribution in [0.15, 0.2) is 41.5 Å². The molecule has 6 nitrogen and oxygen atoms in total. The zero-order chi connectivity index (χ0) is 19.9. The molecule has 0 radical (unpaired) electrons. The van der Waals surface area contributed by atoms with Crippen molar-refractivity contribution in [3.63, 3.8) is 0 Å². The Kier molecular flexibility index (Phi) is 9.35. The SMILES string of the molecule is CCN1CCCC1CN(C)C(=NC)NCCc1ccn(-c2ccc(F)cc2)n1.I. The molecule has 2 aromatic rings. The van der Waals surface area contributed by atoms with E-state index in [1.807, 2.05) is 19.3 Å². The summed E-state index contributed by atoms with van der Waals surface area (Å²) in [7, 11) is 3.93. The minimum Gasteiger partial charge on any atom is -0.356 e. The summed E-state index contributed by atoms with van der Waals surface area (Å²) in [6.07, 6.45) is 5.25. The zero-order valence-corrected chi connectivity index (χ0v) is 19.8. The quantitative estimate of drug-likeness (QED) is 0.351. The highest BCUT2D eigenvalue weighted by molar-refractivity contribution is 14.0. The Morgan fingerprint density at radius 2 is 2.07 bits per heavy atom. The van der Waals surface area contributed by atoms with E-state index in [9.17, 15) is 4.39 Å². The normalized spacial score (nSPS) is 17.2. The van der Waals surface area contributed by atoms with E-state index >= 15 is 0 Å². The molecule has 160 valence electrons. The molecular weight excluding hydrogens is 482 g/mol. The number of benzene rings is 1. The molecule has 8 heteroatoms. The Bertz CT molecular complexity index is 776. The Hall–Kier alpha value is -1.68. The van der Waals surface area contributed by atoms with E-state index in [0.717, 1.165) is 43.4 Å². The van der Waals surface area contributed by atoms with Crippen LogP contribution in [0.5, 0.6) is 0 Å². The van der Waals surface area contributed by atoms with Crippen molar-refractivity contribution in [1.29, 1.82) is 0 Å². The lowest BCUT2D eigenvalue weighted by Crippen LogP contribution is -2.46. The first-order chi connectivity index (χ1) is 13.6. The number of nitrogens with zero attached hydrogens (tertiary/aromatic N) is 5. The van der Waals surface area contributed by atoms with Gasteiger partial charge in [0.2, 0.25) is 0 Å². The third kappa shape index (κ3) is 6.40. The lowest BCUT2D eigenvalue weighted by atomic mass is 10.2. The molecule has 0 bridgehead atoms. The molecule has 1 saturated heterocycles. The van der Waals surface area contributed by atoms with Crippen molar-refractivity contribution in [2.24, 2.45) is 4.99 Å². The fourth-order valence-electron chi connectivity index (χ4n) is 3.84. The van der Waals surface area contributed by atoms with Crippen LogP contribution >= 0.6 is 24.0 Å². The standard InChI is InChI=1S/C21H31FN6.HI/c1-4-27-14-5-6-20(27)16-26(3)21(23-2)24-13-11-18-12-15-28(25-18)19-9-7-17(22)8-10-19;/h7-10,12,15,20H,4-6,11,13-14,16H2,1-3H3,(H,23,24);1H. The predicted molar refractivity (Wildman–Crippen MR) is 127 cm³/mol. The van der Waals surface area contributed by atoms with E-state index in [1.165, 1.54) is 31.5 Å². The van der Waals surface area contributed by atoms with Crippen molar-refractivity contribution in [1.82, 2.24) is 24.9 Å². The second kappa shape index (κ2) is 11.5. The molecule has 1 fully saturated rings. The smallest absolute Gasteiger partial charge is 0.193 e. The number of aliphatic imine (C=N–C) groups is 1. The lowest BCUT2D eigenvalue weighted by Gasteiger charge is -2.29. The fourth-order valence-corrected chi connectivity index (χ4v) is 3.84. The van der Waals surface area contributed by atoms with Crippen LogP contribution in [0.25, 0.3) is 5.69 Å². The van der Waals surface area contributed by atoms with Crippen molar-refractivity contribution >= 4 is 29.9 Å². The van der Waals surface area contributed by atoms with Gasteiger partial charge in [-0.1, -0.05) is 6.92 Å². The first kappa shape index (κ1) is 23.6. The summed E-state index contributed by atoms with van der Waals surface area (Å²) < 4.78 is 14.8. The van der Waals surface area contributed by atoms with Crippen LogP contribution in [-0.2, 0) is 6.42 Å². The number of likely N-dealkylation sites (tertiary alicyclic amines) is 1. The first-order valence-corrected chi connectivity index (χ1v) is 10.1. The van der Waals surface area contributed by atoms with Crippen molar-refractivity contribution in [2.45, 2.75) is 32.2 Å². The van der Waals surface area contributed by atoms with Crippen molar-refractivity contribution in [3.8, 4) is 5.69 Å². The molecule has 1 unspecified atom stereocenters. The van der Waals surface area contributed by atoms with E-state index in [2.05, 4.69) is 39.2 Å². The number of likely N-dealkylation sites (N-methyl/N-ethyl adjacent to an activating group) is 2. The van der Waals surface area contributed by atoms with Gasteiger partial charge in [-0.15, -0.1) is 24.0 Å². The number of halogens is 2. The average molecular weight is 514 g/mol. The van der Waals surface area contributed by atoms with Gasteiger partial charge in [0.15, 0.2) is 5.96 Å². The number of guanidine groups is 1. The van der Waals surface area contributed by atoms with Gasteiger partial charge >= 0.3 is 0 Å². The summed E-state index contributed by atoms with van der Waals surface area (Å²) in [5.74, 6) is 0.677. The highest BCUT2D eigenvalue weighted by Gasteiger charge is 2.24. The summed E-state index contributed by atoms with van der Waals surface area (Å²) in [4.78, 5) is 9.19. The van der Waals surface area contributed by atoms with Crippen LogP contribution in [0.3, 0.4) is 0 Å². The molecule has 1 atom stereocenters. The van der Waals surface area contributed by atoms with Crippen LogP contribution < -0.4 is 5.32 Å².